The zero-order valence-corrected chi connectivity index (χ0v) is 10.3. The molecule has 0 saturated carbocycles. The summed E-state index contributed by atoms with van der Waals surface area (Å²) in [4.78, 5) is 8.02. The molecule has 2 rings (SSSR count). The van der Waals surface area contributed by atoms with Gasteiger partial charge >= 0.3 is 6.61 Å². The van der Waals surface area contributed by atoms with Gasteiger partial charge in [-0.1, -0.05) is 6.07 Å². The molecule has 0 radical (unpaired) electrons. The van der Waals surface area contributed by atoms with Crippen molar-refractivity contribution in [2.24, 2.45) is 0 Å². The summed E-state index contributed by atoms with van der Waals surface area (Å²) in [6, 6.07) is 9.94. The fourth-order valence-electron chi connectivity index (χ4n) is 1.46. The van der Waals surface area contributed by atoms with E-state index in [4.69, 9.17) is 5.26 Å². The highest BCUT2D eigenvalue weighted by Gasteiger charge is 2.04. The maximum atomic E-state index is 12.0. The van der Waals surface area contributed by atoms with Crippen LogP contribution in [0.5, 0.6) is 5.75 Å². The average molecular weight is 276 g/mol. The smallest absolute Gasteiger partial charge is 0.387 e. The van der Waals surface area contributed by atoms with E-state index in [1.807, 2.05) is 6.07 Å². The lowest BCUT2D eigenvalue weighted by Gasteiger charge is -2.07. The first-order valence-electron chi connectivity index (χ1n) is 5.68. The SMILES string of the molecule is N#Cc1cccc(NCc2ccc(OC(F)F)cn2)n1. The first kappa shape index (κ1) is 13.7. The predicted octanol–water partition coefficient (Wildman–Crippen LogP) is 2.56. The van der Waals surface area contributed by atoms with E-state index in [1.54, 1.807) is 24.3 Å². The Hall–Kier alpha value is -2.75. The lowest BCUT2D eigenvalue weighted by molar-refractivity contribution is -0.0500. The molecule has 0 aliphatic heterocycles. The number of nitrogens with one attached hydrogen (secondary N) is 1. The molecular weight excluding hydrogens is 266 g/mol. The van der Waals surface area contributed by atoms with Crippen molar-refractivity contribution in [3.8, 4) is 11.8 Å². The average Bonchev–Trinajstić information content (AvgIpc) is 2.46. The number of ether oxygens (including phenoxy) is 1. The van der Waals surface area contributed by atoms with Gasteiger partial charge in [0, 0.05) is 0 Å². The third-order valence-electron chi connectivity index (χ3n) is 2.34. The minimum Gasteiger partial charge on any atom is -0.433 e. The highest BCUT2D eigenvalue weighted by Crippen LogP contribution is 2.13. The molecule has 0 spiro atoms. The van der Waals surface area contributed by atoms with E-state index in [9.17, 15) is 8.78 Å². The van der Waals surface area contributed by atoms with Crippen molar-refractivity contribution in [2.45, 2.75) is 13.2 Å². The molecule has 5 nitrogen and oxygen atoms in total. The monoisotopic (exact) mass is 276 g/mol. The summed E-state index contributed by atoms with van der Waals surface area (Å²) in [6.07, 6.45) is 1.22. The topological polar surface area (TPSA) is 70.8 Å². The first-order valence-corrected chi connectivity index (χ1v) is 5.68. The molecule has 0 aliphatic rings. The van der Waals surface area contributed by atoms with Crippen LogP contribution < -0.4 is 10.1 Å². The summed E-state index contributed by atoms with van der Waals surface area (Å²) < 4.78 is 28.1. The Bertz CT molecular complexity index is 611. The minimum absolute atomic E-state index is 0.00773. The van der Waals surface area contributed by atoms with Crippen LogP contribution >= 0.6 is 0 Å². The van der Waals surface area contributed by atoms with Gasteiger partial charge in [0.2, 0.25) is 0 Å². The summed E-state index contributed by atoms with van der Waals surface area (Å²) in [5.41, 5.74) is 0.944. The quantitative estimate of drug-likeness (QED) is 0.908. The first-order chi connectivity index (χ1) is 9.67. The summed E-state index contributed by atoms with van der Waals surface area (Å²) in [5.74, 6) is 0.548. The Balaban J connectivity index is 1.95. The molecule has 0 unspecified atom stereocenters. The fraction of sp³-hybridized carbons (Fsp3) is 0.154. The number of halogens is 2. The molecule has 0 aromatic carbocycles. The maximum absolute atomic E-state index is 12.0. The van der Waals surface area contributed by atoms with Crippen molar-refractivity contribution in [3.63, 3.8) is 0 Å². The number of pyridine rings is 2. The molecule has 0 amide bonds. The zero-order chi connectivity index (χ0) is 14.4. The van der Waals surface area contributed by atoms with Gasteiger partial charge in [0.05, 0.1) is 18.4 Å². The Morgan fingerprint density at radius 2 is 2.15 bits per heavy atom. The fourth-order valence-corrected chi connectivity index (χ4v) is 1.46. The van der Waals surface area contributed by atoms with Gasteiger partial charge in [-0.25, -0.2) is 4.98 Å². The van der Waals surface area contributed by atoms with Gasteiger partial charge in [-0.05, 0) is 24.3 Å². The molecule has 0 saturated heterocycles. The summed E-state index contributed by atoms with van der Waals surface area (Å²) in [7, 11) is 0. The standard InChI is InChI=1S/C13H10F2N4O/c14-13(15)20-11-5-4-10(17-8-11)7-18-12-3-1-2-9(6-16)19-12/h1-5,8,13H,7H2,(H,18,19). The molecule has 2 aromatic rings. The summed E-state index contributed by atoms with van der Waals surface area (Å²) in [6.45, 7) is -2.50. The maximum Gasteiger partial charge on any atom is 0.387 e. The molecular formula is C13H10F2N4O. The van der Waals surface area contributed by atoms with Crippen molar-refractivity contribution in [1.29, 1.82) is 5.26 Å². The number of nitrogens with zero attached hydrogens (tertiary/aromatic N) is 3. The number of alkyl halides is 2. The van der Waals surface area contributed by atoms with Gasteiger partial charge < -0.3 is 10.1 Å². The number of nitriles is 1. The number of hydrogen-bond acceptors (Lipinski definition) is 5. The Morgan fingerprint density at radius 3 is 2.80 bits per heavy atom. The van der Waals surface area contributed by atoms with Crippen LogP contribution in [0.2, 0.25) is 0 Å². The third kappa shape index (κ3) is 3.88. The summed E-state index contributed by atoms with van der Waals surface area (Å²) >= 11 is 0. The normalized spacial score (nSPS) is 10.1. The van der Waals surface area contributed by atoms with E-state index in [0.717, 1.165) is 0 Å². The van der Waals surface area contributed by atoms with Gasteiger partial charge in [-0.2, -0.15) is 14.0 Å². The van der Waals surface area contributed by atoms with E-state index >= 15 is 0 Å². The van der Waals surface area contributed by atoms with Gasteiger partial charge in [0.25, 0.3) is 0 Å². The van der Waals surface area contributed by atoms with Crippen molar-refractivity contribution >= 4 is 5.82 Å². The number of rotatable bonds is 5. The van der Waals surface area contributed by atoms with Crippen molar-refractivity contribution in [2.75, 3.05) is 5.32 Å². The molecule has 1 N–H and O–H groups in total. The van der Waals surface area contributed by atoms with Gasteiger partial charge in [-0.3, -0.25) is 4.98 Å². The van der Waals surface area contributed by atoms with Crippen molar-refractivity contribution < 1.29 is 13.5 Å². The van der Waals surface area contributed by atoms with Gasteiger partial charge in [-0.15, -0.1) is 0 Å². The van der Waals surface area contributed by atoms with Crippen molar-refractivity contribution in [3.05, 3.63) is 47.9 Å². The summed E-state index contributed by atoms with van der Waals surface area (Å²) in [5, 5.41) is 11.7. The molecule has 20 heavy (non-hydrogen) atoms. The molecule has 0 fully saturated rings. The largest absolute Gasteiger partial charge is 0.433 e. The van der Waals surface area contributed by atoms with Crippen LogP contribution in [0.1, 0.15) is 11.4 Å². The van der Waals surface area contributed by atoms with E-state index in [1.165, 1.54) is 12.3 Å². The molecule has 0 bridgehead atoms. The molecule has 2 heterocycles. The van der Waals surface area contributed by atoms with Crippen LogP contribution in [0.25, 0.3) is 0 Å². The Labute approximate surface area is 113 Å². The van der Waals surface area contributed by atoms with Crippen LogP contribution in [0, 0.1) is 11.3 Å². The van der Waals surface area contributed by atoms with Crippen molar-refractivity contribution in [1.82, 2.24) is 9.97 Å². The van der Waals surface area contributed by atoms with Crippen LogP contribution in [-0.2, 0) is 6.54 Å². The highest BCUT2D eigenvalue weighted by atomic mass is 19.3. The molecule has 7 heteroatoms. The molecule has 0 aliphatic carbocycles. The Kier molecular flexibility index (Phi) is 4.39. The zero-order valence-electron chi connectivity index (χ0n) is 10.3. The second kappa shape index (κ2) is 6.43. The van der Waals surface area contributed by atoms with Crippen LogP contribution in [-0.4, -0.2) is 16.6 Å². The van der Waals surface area contributed by atoms with Gasteiger partial charge in [0.15, 0.2) is 0 Å². The Morgan fingerprint density at radius 1 is 1.30 bits per heavy atom. The van der Waals surface area contributed by atoms with E-state index in [0.29, 0.717) is 23.8 Å². The molecule has 102 valence electrons. The number of anilines is 1. The lowest BCUT2D eigenvalue weighted by atomic mass is 10.3. The third-order valence-corrected chi connectivity index (χ3v) is 2.34. The predicted molar refractivity (Wildman–Crippen MR) is 67.1 cm³/mol. The lowest BCUT2D eigenvalue weighted by Crippen LogP contribution is -2.05. The number of aromatic nitrogens is 2. The van der Waals surface area contributed by atoms with E-state index < -0.39 is 6.61 Å². The second-order valence-electron chi connectivity index (χ2n) is 3.74. The van der Waals surface area contributed by atoms with Gasteiger partial charge in [0.1, 0.15) is 23.3 Å². The minimum atomic E-state index is -2.86. The molecule has 0 atom stereocenters. The van der Waals surface area contributed by atoms with Crippen LogP contribution in [0.4, 0.5) is 14.6 Å². The van der Waals surface area contributed by atoms with E-state index in [-0.39, 0.29) is 5.75 Å². The second-order valence-corrected chi connectivity index (χ2v) is 3.74. The van der Waals surface area contributed by atoms with Crippen LogP contribution in [0.3, 0.4) is 0 Å². The number of hydrogen-bond donors (Lipinski definition) is 1. The van der Waals surface area contributed by atoms with Crippen LogP contribution in [0.15, 0.2) is 36.5 Å². The molecule has 2 aromatic heterocycles. The highest BCUT2D eigenvalue weighted by molar-refractivity contribution is 5.38. The van der Waals surface area contributed by atoms with E-state index in [2.05, 4.69) is 20.0 Å².